The zero-order valence-electron chi connectivity index (χ0n) is 20.6. The third-order valence-corrected chi connectivity index (χ3v) is 6.35. The molecular weight excluding hydrogens is 456 g/mol. The second kappa shape index (κ2) is 15.5. The quantitative estimate of drug-likeness (QED) is 0.259. The minimum absolute atomic E-state index is 0.00141. The van der Waals surface area contributed by atoms with E-state index in [9.17, 15) is 18.8 Å². The Morgan fingerprint density at radius 3 is 2.54 bits per heavy atom. The van der Waals surface area contributed by atoms with Gasteiger partial charge < -0.3 is 20.2 Å². The van der Waals surface area contributed by atoms with Gasteiger partial charge >= 0.3 is 0 Å². The van der Waals surface area contributed by atoms with Crippen LogP contribution >= 0.6 is 0 Å². The van der Waals surface area contributed by atoms with Crippen molar-refractivity contribution in [2.45, 2.75) is 51.9 Å². The third-order valence-electron chi connectivity index (χ3n) is 6.35. The molecule has 2 aliphatic heterocycles. The average molecular weight is 496 g/mol. The highest BCUT2D eigenvalue weighted by atomic mass is 19.3. The molecule has 10 heteroatoms. The summed E-state index contributed by atoms with van der Waals surface area (Å²) in [5.74, 6) is 0.551. The van der Waals surface area contributed by atoms with Crippen LogP contribution < -0.4 is 10.1 Å². The van der Waals surface area contributed by atoms with E-state index in [4.69, 9.17) is 10.1 Å². The van der Waals surface area contributed by atoms with Crippen molar-refractivity contribution in [3.05, 3.63) is 29.3 Å². The summed E-state index contributed by atoms with van der Waals surface area (Å²) in [7, 11) is 0. The summed E-state index contributed by atoms with van der Waals surface area (Å²) >= 11 is 0. The number of carbonyl (C=O) groups is 1. The van der Waals surface area contributed by atoms with Crippen molar-refractivity contribution in [2.75, 3.05) is 45.9 Å². The van der Waals surface area contributed by atoms with E-state index < -0.39 is 12.3 Å². The molecule has 0 unspecified atom stereocenters. The molecule has 3 rings (SSSR count). The minimum atomic E-state index is -2.78. The predicted octanol–water partition coefficient (Wildman–Crippen LogP) is 4.01. The van der Waals surface area contributed by atoms with Crippen LogP contribution in [0.2, 0.25) is 0 Å². The molecule has 196 valence electrons. The van der Waals surface area contributed by atoms with E-state index in [1.54, 1.807) is 0 Å². The number of carbonyl (C=O) groups excluding carboxylic acids is 1. The summed E-state index contributed by atoms with van der Waals surface area (Å²) in [4.78, 5) is 17.5. The number of amides is 1. The molecule has 8 nitrogen and oxygen atoms in total. The molecule has 2 aliphatic rings. The molecule has 3 N–H and O–H groups in total. The standard InChI is InChI=1S/C22H35N3O3.C3H4F2N2/c1-18-17-20(28-16-4-5-19-8-13-25(27)14-9-19)6-7-21(18)22(26)23-10-15-24-11-2-3-12-24;1-7-3(6)2(4)5/h6-7,17,19,27H,2-5,8-16H2,1H3,(H,23,26);2,6H,1H2. The van der Waals surface area contributed by atoms with Crippen molar-refractivity contribution >= 4 is 18.5 Å². The van der Waals surface area contributed by atoms with Gasteiger partial charge in [0.25, 0.3) is 12.3 Å². The first kappa shape index (κ1) is 28.8. The highest BCUT2D eigenvalue weighted by Gasteiger charge is 2.17. The number of benzene rings is 1. The Morgan fingerprint density at radius 2 is 1.97 bits per heavy atom. The average Bonchev–Trinajstić information content (AvgIpc) is 3.36. The molecule has 1 aromatic rings. The van der Waals surface area contributed by atoms with Crippen molar-refractivity contribution < 1.29 is 23.5 Å². The lowest BCUT2D eigenvalue weighted by molar-refractivity contribution is -0.112. The van der Waals surface area contributed by atoms with Gasteiger partial charge in [-0.1, -0.05) is 0 Å². The van der Waals surface area contributed by atoms with Crippen molar-refractivity contribution in [1.82, 2.24) is 15.3 Å². The number of hydroxylamine groups is 2. The number of piperidine rings is 1. The fraction of sp³-hybridized carbons (Fsp3) is 0.640. The van der Waals surface area contributed by atoms with Gasteiger partial charge in [0.05, 0.1) is 6.61 Å². The first-order valence-corrected chi connectivity index (χ1v) is 12.3. The maximum Gasteiger partial charge on any atom is 0.296 e. The van der Waals surface area contributed by atoms with E-state index >= 15 is 0 Å². The van der Waals surface area contributed by atoms with E-state index in [2.05, 4.69) is 21.9 Å². The fourth-order valence-corrected chi connectivity index (χ4v) is 4.25. The maximum absolute atomic E-state index is 12.4. The largest absolute Gasteiger partial charge is 0.494 e. The Labute approximate surface area is 206 Å². The SMILES string of the molecule is C=NC(=N)C(F)F.Cc1cc(OCCCC2CCN(O)CC2)ccc1C(=O)NCCN1CCCC1. The van der Waals surface area contributed by atoms with Crippen molar-refractivity contribution in [1.29, 1.82) is 5.41 Å². The Kier molecular flexibility index (Phi) is 12.8. The summed E-state index contributed by atoms with van der Waals surface area (Å²) < 4.78 is 28.0. The topological polar surface area (TPSA) is 101 Å². The third kappa shape index (κ3) is 10.8. The number of nitrogens with zero attached hydrogens (tertiary/aromatic N) is 3. The van der Waals surface area contributed by atoms with Gasteiger partial charge in [0.15, 0.2) is 5.84 Å². The minimum Gasteiger partial charge on any atom is -0.494 e. The number of rotatable bonds is 10. The van der Waals surface area contributed by atoms with Gasteiger partial charge in [0, 0.05) is 31.7 Å². The van der Waals surface area contributed by atoms with E-state index in [0.717, 1.165) is 75.3 Å². The summed E-state index contributed by atoms with van der Waals surface area (Å²) in [5.41, 5.74) is 1.68. The molecule has 0 aromatic heterocycles. The molecule has 0 radical (unpaired) electrons. The molecule has 0 spiro atoms. The smallest absolute Gasteiger partial charge is 0.296 e. The van der Waals surface area contributed by atoms with Gasteiger partial charge in [-0.2, -0.15) is 5.06 Å². The highest BCUT2D eigenvalue weighted by Crippen LogP contribution is 2.22. The summed E-state index contributed by atoms with van der Waals surface area (Å²) in [6, 6.07) is 5.72. The van der Waals surface area contributed by atoms with Crippen molar-refractivity contribution in [2.24, 2.45) is 10.9 Å². The van der Waals surface area contributed by atoms with Crippen molar-refractivity contribution in [3.63, 3.8) is 0 Å². The fourth-order valence-electron chi connectivity index (χ4n) is 4.25. The molecular formula is C25H39F2N5O3. The van der Waals surface area contributed by atoms with E-state index in [1.807, 2.05) is 25.1 Å². The van der Waals surface area contributed by atoms with Crippen LogP contribution in [0.25, 0.3) is 0 Å². The first-order chi connectivity index (χ1) is 16.8. The summed E-state index contributed by atoms with van der Waals surface area (Å²) in [6.45, 7) is 10.9. The van der Waals surface area contributed by atoms with Gasteiger partial charge in [-0.05, 0) is 94.9 Å². The molecule has 2 saturated heterocycles. The number of aryl methyl sites for hydroxylation is 1. The van der Waals surface area contributed by atoms with Gasteiger partial charge in [0.1, 0.15) is 5.75 Å². The number of alkyl halides is 2. The second-order valence-electron chi connectivity index (χ2n) is 9.01. The van der Waals surface area contributed by atoms with Crippen LogP contribution in [0.15, 0.2) is 23.2 Å². The predicted molar refractivity (Wildman–Crippen MR) is 133 cm³/mol. The number of likely N-dealkylation sites (tertiary alicyclic amines) is 1. The zero-order chi connectivity index (χ0) is 25.6. The molecule has 0 saturated carbocycles. The zero-order valence-corrected chi connectivity index (χ0v) is 20.6. The van der Waals surface area contributed by atoms with Crippen LogP contribution in [0.1, 0.15) is 54.4 Å². The molecule has 0 aliphatic carbocycles. The number of hydrogen-bond donors (Lipinski definition) is 3. The molecule has 35 heavy (non-hydrogen) atoms. The monoisotopic (exact) mass is 495 g/mol. The van der Waals surface area contributed by atoms with Crippen LogP contribution in [0.5, 0.6) is 5.75 Å². The number of hydrogen-bond acceptors (Lipinski definition) is 6. The van der Waals surface area contributed by atoms with Gasteiger partial charge in [-0.25, -0.2) is 13.8 Å². The number of ether oxygens (including phenoxy) is 1. The number of nitrogens with one attached hydrogen (secondary N) is 2. The van der Waals surface area contributed by atoms with Crippen LogP contribution in [0.4, 0.5) is 8.78 Å². The Hall–Kier alpha value is -2.43. The van der Waals surface area contributed by atoms with Crippen LogP contribution in [0.3, 0.4) is 0 Å². The van der Waals surface area contributed by atoms with E-state index in [-0.39, 0.29) is 5.91 Å². The lowest BCUT2D eigenvalue weighted by Crippen LogP contribution is -2.33. The van der Waals surface area contributed by atoms with Crippen LogP contribution in [-0.2, 0) is 0 Å². The van der Waals surface area contributed by atoms with Gasteiger partial charge in [0.2, 0.25) is 0 Å². The molecule has 1 amide bonds. The molecule has 1 aromatic carbocycles. The van der Waals surface area contributed by atoms with Crippen LogP contribution in [-0.4, -0.2) is 85.9 Å². The molecule has 0 atom stereocenters. The lowest BCUT2D eigenvalue weighted by Gasteiger charge is -2.27. The second-order valence-corrected chi connectivity index (χ2v) is 9.01. The number of amidine groups is 1. The lowest BCUT2D eigenvalue weighted by atomic mass is 9.93. The summed E-state index contributed by atoms with van der Waals surface area (Å²) in [5, 5.41) is 20.1. The van der Waals surface area contributed by atoms with Gasteiger partial charge in [-0.15, -0.1) is 0 Å². The van der Waals surface area contributed by atoms with Crippen LogP contribution in [0, 0.1) is 18.3 Å². The number of aliphatic imine (C=N–C) groups is 1. The Balaban J connectivity index is 0.000000540. The maximum atomic E-state index is 12.4. The van der Waals surface area contributed by atoms with E-state index in [1.165, 1.54) is 17.9 Å². The molecule has 2 heterocycles. The van der Waals surface area contributed by atoms with E-state index in [0.29, 0.717) is 19.1 Å². The number of halogens is 2. The first-order valence-electron chi connectivity index (χ1n) is 12.3. The van der Waals surface area contributed by atoms with Crippen molar-refractivity contribution in [3.8, 4) is 5.75 Å². The summed E-state index contributed by atoms with van der Waals surface area (Å²) in [6.07, 6.45) is 4.07. The molecule has 2 fully saturated rings. The molecule has 0 bridgehead atoms. The van der Waals surface area contributed by atoms with Gasteiger partial charge in [-0.3, -0.25) is 10.2 Å². The highest BCUT2D eigenvalue weighted by molar-refractivity contribution is 5.95. The normalized spacial score (nSPS) is 17.1. The Bertz CT molecular complexity index is 810. The Morgan fingerprint density at radius 1 is 1.29 bits per heavy atom.